The lowest BCUT2D eigenvalue weighted by atomic mass is 10.1. The van der Waals surface area contributed by atoms with Crippen molar-refractivity contribution in [1.29, 1.82) is 0 Å². The van der Waals surface area contributed by atoms with Crippen molar-refractivity contribution < 1.29 is 19.0 Å². The minimum Gasteiger partial charge on any atom is -0.493 e. The number of methoxy groups -OCH3 is 1. The van der Waals surface area contributed by atoms with Gasteiger partial charge in [-0.2, -0.15) is 0 Å². The number of aromatic nitrogens is 2. The van der Waals surface area contributed by atoms with Crippen molar-refractivity contribution in [3.8, 4) is 23.1 Å². The van der Waals surface area contributed by atoms with E-state index in [2.05, 4.69) is 15.3 Å². The molecular weight excluding hydrogens is 438 g/mol. The number of carbonyl (C=O) groups excluding carboxylic acids is 1. The number of hydrogen-bond acceptors (Lipinski definition) is 7. The first-order valence-electron chi connectivity index (χ1n) is 10.2. The summed E-state index contributed by atoms with van der Waals surface area (Å²) in [6.07, 6.45) is 1.55. The molecule has 0 aliphatic heterocycles. The molecule has 0 bridgehead atoms. The molecular formula is C25H23N3O4S. The van der Waals surface area contributed by atoms with Crippen LogP contribution in [0.1, 0.15) is 27.2 Å². The number of aryl methyl sites for hydroxylation is 2. The molecule has 33 heavy (non-hydrogen) atoms. The smallest absolute Gasteiger partial charge is 0.255 e. The summed E-state index contributed by atoms with van der Waals surface area (Å²) < 4.78 is 17.0. The lowest BCUT2D eigenvalue weighted by Gasteiger charge is -2.12. The number of pyridine rings is 1. The molecule has 0 unspecified atom stereocenters. The van der Waals surface area contributed by atoms with Crippen LogP contribution in [0.4, 0.5) is 5.69 Å². The highest BCUT2D eigenvalue weighted by atomic mass is 32.1. The van der Waals surface area contributed by atoms with Gasteiger partial charge in [-0.15, -0.1) is 11.3 Å². The Kier molecular flexibility index (Phi) is 6.85. The van der Waals surface area contributed by atoms with E-state index in [-0.39, 0.29) is 5.91 Å². The Bertz CT molecular complexity index is 1240. The van der Waals surface area contributed by atoms with Gasteiger partial charge in [-0.3, -0.25) is 4.79 Å². The Hall–Kier alpha value is -3.91. The lowest BCUT2D eigenvalue weighted by Crippen LogP contribution is -2.12. The second-order valence-electron chi connectivity index (χ2n) is 7.32. The molecule has 0 aliphatic rings. The van der Waals surface area contributed by atoms with Crippen LogP contribution in [0, 0.1) is 13.8 Å². The van der Waals surface area contributed by atoms with Crippen molar-refractivity contribution >= 4 is 22.9 Å². The van der Waals surface area contributed by atoms with Gasteiger partial charge in [0.05, 0.1) is 30.2 Å². The van der Waals surface area contributed by atoms with Crippen molar-refractivity contribution in [1.82, 2.24) is 9.97 Å². The van der Waals surface area contributed by atoms with E-state index in [1.54, 1.807) is 42.0 Å². The van der Waals surface area contributed by atoms with Crippen molar-refractivity contribution in [3.63, 3.8) is 0 Å². The Labute approximate surface area is 196 Å². The van der Waals surface area contributed by atoms with E-state index >= 15 is 0 Å². The fraction of sp³-hybridized carbons (Fsp3) is 0.160. The van der Waals surface area contributed by atoms with Crippen LogP contribution in [0.5, 0.6) is 23.1 Å². The Balaban J connectivity index is 1.39. The molecule has 0 aliphatic carbocycles. The summed E-state index contributed by atoms with van der Waals surface area (Å²) in [6, 6.07) is 14.3. The molecule has 0 spiro atoms. The number of thiazole rings is 1. The standard InChI is InChI=1S/C25H23N3O4S/c1-16-4-7-21(10-17(16)2)32-24-9-6-19(12-26-24)28-25(29)18-5-8-22(23(11-18)30-3)31-13-20-14-33-15-27-20/h4-12,14-15H,13H2,1-3H3,(H,28,29). The number of anilines is 1. The number of nitrogens with zero attached hydrogens (tertiary/aromatic N) is 2. The number of rotatable bonds is 8. The molecule has 0 atom stereocenters. The molecule has 0 saturated carbocycles. The van der Waals surface area contributed by atoms with E-state index in [0.29, 0.717) is 41.0 Å². The van der Waals surface area contributed by atoms with E-state index in [1.165, 1.54) is 24.0 Å². The van der Waals surface area contributed by atoms with Crippen LogP contribution in [0.2, 0.25) is 0 Å². The zero-order valence-corrected chi connectivity index (χ0v) is 19.3. The van der Waals surface area contributed by atoms with Gasteiger partial charge < -0.3 is 19.5 Å². The summed E-state index contributed by atoms with van der Waals surface area (Å²) >= 11 is 1.51. The minimum absolute atomic E-state index is 0.288. The fourth-order valence-corrected chi connectivity index (χ4v) is 3.55. The van der Waals surface area contributed by atoms with E-state index in [0.717, 1.165) is 11.3 Å². The van der Waals surface area contributed by atoms with Crippen LogP contribution in [0.25, 0.3) is 0 Å². The van der Waals surface area contributed by atoms with Crippen molar-refractivity contribution in [2.45, 2.75) is 20.5 Å². The molecule has 1 N–H and O–H groups in total. The molecule has 2 heterocycles. The molecule has 0 saturated heterocycles. The number of nitrogens with one attached hydrogen (secondary N) is 1. The first-order valence-corrected chi connectivity index (χ1v) is 11.2. The zero-order valence-electron chi connectivity index (χ0n) is 18.5. The largest absolute Gasteiger partial charge is 0.493 e. The Morgan fingerprint density at radius 3 is 2.58 bits per heavy atom. The highest BCUT2D eigenvalue weighted by Crippen LogP contribution is 2.29. The van der Waals surface area contributed by atoms with Gasteiger partial charge in [0.25, 0.3) is 5.91 Å². The van der Waals surface area contributed by atoms with Gasteiger partial charge in [0.1, 0.15) is 12.4 Å². The second kappa shape index (κ2) is 10.1. The van der Waals surface area contributed by atoms with Gasteiger partial charge >= 0.3 is 0 Å². The highest BCUT2D eigenvalue weighted by molar-refractivity contribution is 7.07. The van der Waals surface area contributed by atoms with E-state index in [1.807, 2.05) is 37.4 Å². The molecule has 8 heteroatoms. The summed E-state index contributed by atoms with van der Waals surface area (Å²) in [5.74, 6) is 1.87. The molecule has 1 amide bonds. The first-order chi connectivity index (χ1) is 16.0. The van der Waals surface area contributed by atoms with Gasteiger partial charge in [0.15, 0.2) is 11.5 Å². The molecule has 7 nitrogen and oxygen atoms in total. The van der Waals surface area contributed by atoms with Crippen molar-refractivity contribution in [2.75, 3.05) is 12.4 Å². The summed E-state index contributed by atoms with van der Waals surface area (Å²) in [5, 5.41) is 4.75. The number of amides is 1. The quantitative estimate of drug-likeness (QED) is 0.358. The zero-order chi connectivity index (χ0) is 23.2. The van der Waals surface area contributed by atoms with Gasteiger partial charge in [0, 0.05) is 17.0 Å². The second-order valence-corrected chi connectivity index (χ2v) is 8.04. The predicted molar refractivity (Wildman–Crippen MR) is 128 cm³/mol. The van der Waals surface area contributed by atoms with Crippen LogP contribution >= 0.6 is 11.3 Å². The van der Waals surface area contributed by atoms with Gasteiger partial charge in [-0.1, -0.05) is 6.07 Å². The average molecular weight is 462 g/mol. The number of benzene rings is 2. The van der Waals surface area contributed by atoms with E-state index < -0.39 is 0 Å². The fourth-order valence-electron chi connectivity index (χ4n) is 3.00. The van der Waals surface area contributed by atoms with Crippen LogP contribution in [0.15, 0.2) is 65.6 Å². The third-order valence-corrected chi connectivity index (χ3v) is 5.62. The number of ether oxygens (including phenoxy) is 3. The maximum Gasteiger partial charge on any atom is 0.255 e. The molecule has 168 valence electrons. The van der Waals surface area contributed by atoms with Crippen molar-refractivity contribution in [2.24, 2.45) is 0 Å². The molecule has 2 aromatic heterocycles. The van der Waals surface area contributed by atoms with E-state index in [9.17, 15) is 4.79 Å². The molecule has 2 aromatic carbocycles. The lowest BCUT2D eigenvalue weighted by molar-refractivity contribution is 0.102. The third kappa shape index (κ3) is 5.67. The molecule has 0 radical (unpaired) electrons. The van der Waals surface area contributed by atoms with Crippen LogP contribution in [-0.4, -0.2) is 23.0 Å². The summed E-state index contributed by atoms with van der Waals surface area (Å²) in [4.78, 5) is 21.2. The summed E-state index contributed by atoms with van der Waals surface area (Å²) in [7, 11) is 1.53. The molecule has 0 fully saturated rings. The Morgan fingerprint density at radius 1 is 1.00 bits per heavy atom. The number of carbonyl (C=O) groups is 1. The van der Waals surface area contributed by atoms with Gasteiger partial charge in [0.2, 0.25) is 5.88 Å². The minimum atomic E-state index is -0.288. The predicted octanol–water partition coefficient (Wildman–Crippen LogP) is 5.79. The number of hydrogen-bond donors (Lipinski definition) is 1. The van der Waals surface area contributed by atoms with Crippen LogP contribution < -0.4 is 19.5 Å². The monoisotopic (exact) mass is 461 g/mol. The van der Waals surface area contributed by atoms with Gasteiger partial charge in [-0.25, -0.2) is 9.97 Å². The highest BCUT2D eigenvalue weighted by Gasteiger charge is 2.13. The maximum absolute atomic E-state index is 12.7. The third-order valence-electron chi connectivity index (χ3n) is 4.98. The van der Waals surface area contributed by atoms with Gasteiger partial charge in [-0.05, 0) is 61.4 Å². The average Bonchev–Trinajstić information content (AvgIpc) is 3.35. The topological polar surface area (TPSA) is 82.6 Å². The van der Waals surface area contributed by atoms with Crippen LogP contribution in [0.3, 0.4) is 0 Å². The normalized spacial score (nSPS) is 10.5. The molecule has 4 aromatic rings. The van der Waals surface area contributed by atoms with Crippen molar-refractivity contribution in [3.05, 3.63) is 88.0 Å². The summed E-state index contributed by atoms with van der Waals surface area (Å²) in [6.45, 7) is 4.41. The molecule has 4 rings (SSSR count). The SMILES string of the molecule is COc1cc(C(=O)Nc2ccc(Oc3ccc(C)c(C)c3)nc2)ccc1OCc1cscn1. The maximum atomic E-state index is 12.7. The Morgan fingerprint density at radius 2 is 1.88 bits per heavy atom. The first kappa shape index (κ1) is 22.3. The van der Waals surface area contributed by atoms with Crippen LogP contribution in [-0.2, 0) is 6.61 Å². The summed E-state index contributed by atoms with van der Waals surface area (Å²) in [5.41, 5.74) is 5.91. The van der Waals surface area contributed by atoms with E-state index in [4.69, 9.17) is 14.2 Å².